The minimum atomic E-state index is -0.0306. The lowest BCUT2D eigenvalue weighted by Gasteiger charge is -2.37. The summed E-state index contributed by atoms with van der Waals surface area (Å²) < 4.78 is 0. The number of hydrogen-bond donors (Lipinski definition) is 1. The molecule has 1 saturated carbocycles. The Balaban J connectivity index is 1.58. The van der Waals surface area contributed by atoms with Crippen LogP contribution in [-0.4, -0.2) is 63.1 Å². The Morgan fingerprint density at radius 1 is 1.35 bits per heavy atom. The first kappa shape index (κ1) is 13.5. The van der Waals surface area contributed by atoms with E-state index in [0.29, 0.717) is 17.8 Å². The maximum Gasteiger partial charge on any atom is 0.293 e. The molecule has 1 atom stereocenters. The third-order valence-electron chi connectivity index (χ3n) is 4.47. The van der Waals surface area contributed by atoms with Gasteiger partial charge in [-0.1, -0.05) is 6.92 Å². The maximum absolute atomic E-state index is 12.4. The molecule has 1 N–H and O–H groups in total. The van der Waals surface area contributed by atoms with Crippen LogP contribution >= 0.6 is 0 Å². The van der Waals surface area contributed by atoms with Crippen molar-refractivity contribution >= 4 is 5.91 Å². The SMILES string of the molecule is CCC(C)N1CCN(C(=O)c2n[nH]c(C3CC3)n2)CC1. The maximum atomic E-state index is 12.4. The van der Waals surface area contributed by atoms with Crippen LogP contribution in [0.3, 0.4) is 0 Å². The van der Waals surface area contributed by atoms with Crippen molar-refractivity contribution in [1.29, 1.82) is 0 Å². The van der Waals surface area contributed by atoms with E-state index in [1.807, 2.05) is 4.90 Å². The van der Waals surface area contributed by atoms with E-state index in [2.05, 4.69) is 33.9 Å². The summed E-state index contributed by atoms with van der Waals surface area (Å²) in [6, 6.07) is 0.595. The zero-order chi connectivity index (χ0) is 14.1. The van der Waals surface area contributed by atoms with Gasteiger partial charge in [0.2, 0.25) is 5.82 Å². The van der Waals surface area contributed by atoms with Crippen LogP contribution in [0.2, 0.25) is 0 Å². The van der Waals surface area contributed by atoms with E-state index in [4.69, 9.17) is 0 Å². The van der Waals surface area contributed by atoms with Gasteiger partial charge >= 0.3 is 0 Å². The van der Waals surface area contributed by atoms with Crippen molar-refractivity contribution in [2.24, 2.45) is 0 Å². The summed E-state index contributed by atoms with van der Waals surface area (Å²) in [4.78, 5) is 21.0. The quantitative estimate of drug-likeness (QED) is 0.899. The van der Waals surface area contributed by atoms with E-state index >= 15 is 0 Å². The summed E-state index contributed by atoms with van der Waals surface area (Å²) in [6.07, 6.45) is 3.48. The van der Waals surface area contributed by atoms with Crippen molar-refractivity contribution in [1.82, 2.24) is 25.0 Å². The number of hydrogen-bond acceptors (Lipinski definition) is 4. The Hall–Kier alpha value is -1.43. The van der Waals surface area contributed by atoms with E-state index in [0.717, 1.165) is 51.3 Å². The lowest BCUT2D eigenvalue weighted by Crippen LogP contribution is -2.51. The molecule has 0 spiro atoms. The Kier molecular flexibility index (Phi) is 3.74. The first-order chi connectivity index (χ1) is 9.69. The molecule has 1 aliphatic carbocycles. The second-order valence-electron chi connectivity index (χ2n) is 5.90. The number of nitrogens with one attached hydrogen (secondary N) is 1. The minimum Gasteiger partial charge on any atom is -0.333 e. The molecule has 1 aliphatic heterocycles. The molecule has 2 aliphatic rings. The van der Waals surface area contributed by atoms with Crippen LogP contribution in [0.4, 0.5) is 0 Å². The fourth-order valence-electron chi connectivity index (χ4n) is 2.67. The van der Waals surface area contributed by atoms with Crippen molar-refractivity contribution in [2.45, 2.75) is 45.1 Å². The first-order valence-corrected chi connectivity index (χ1v) is 7.64. The van der Waals surface area contributed by atoms with Crippen LogP contribution in [-0.2, 0) is 0 Å². The molecule has 0 aromatic carbocycles. The van der Waals surface area contributed by atoms with Gasteiger partial charge in [0.1, 0.15) is 5.82 Å². The van der Waals surface area contributed by atoms with E-state index in [-0.39, 0.29) is 5.91 Å². The molecular formula is C14H23N5O. The van der Waals surface area contributed by atoms with Crippen molar-refractivity contribution < 1.29 is 4.79 Å². The third-order valence-corrected chi connectivity index (χ3v) is 4.47. The van der Waals surface area contributed by atoms with Gasteiger partial charge in [0.05, 0.1) is 0 Å². The van der Waals surface area contributed by atoms with Crippen LogP contribution in [0.1, 0.15) is 55.5 Å². The highest BCUT2D eigenvalue weighted by molar-refractivity contribution is 5.90. The highest BCUT2D eigenvalue weighted by atomic mass is 16.2. The molecule has 6 nitrogen and oxygen atoms in total. The monoisotopic (exact) mass is 277 g/mol. The minimum absolute atomic E-state index is 0.0306. The predicted octanol–water partition coefficient (Wildman–Crippen LogP) is 1.24. The van der Waals surface area contributed by atoms with Crippen LogP contribution in [0, 0.1) is 0 Å². The summed E-state index contributed by atoms with van der Waals surface area (Å²) in [5, 5.41) is 6.99. The lowest BCUT2D eigenvalue weighted by molar-refractivity contribution is 0.0569. The van der Waals surface area contributed by atoms with E-state index < -0.39 is 0 Å². The molecule has 1 unspecified atom stereocenters. The number of nitrogens with zero attached hydrogens (tertiary/aromatic N) is 4. The number of aromatic amines is 1. The Labute approximate surface area is 119 Å². The topological polar surface area (TPSA) is 65.1 Å². The van der Waals surface area contributed by atoms with Crippen LogP contribution in [0.5, 0.6) is 0 Å². The fraction of sp³-hybridized carbons (Fsp3) is 0.786. The fourth-order valence-corrected chi connectivity index (χ4v) is 2.67. The zero-order valence-electron chi connectivity index (χ0n) is 12.3. The molecule has 2 heterocycles. The Bertz CT molecular complexity index is 474. The third kappa shape index (κ3) is 2.70. The average Bonchev–Trinajstić information content (AvgIpc) is 3.23. The number of aromatic nitrogens is 3. The number of rotatable bonds is 4. The summed E-state index contributed by atoms with van der Waals surface area (Å²) in [5.74, 6) is 1.69. The summed E-state index contributed by atoms with van der Waals surface area (Å²) in [7, 11) is 0. The molecule has 1 saturated heterocycles. The van der Waals surface area contributed by atoms with Gasteiger partial charge in [0, 0.05) is 38.1 Å². The number of amides is 1. The molecule has 2 fully saturated rings. The molecule has 1 amide bonds. The van der Waals surface area contributed by atoms with Gasteiger partial charge in [-0.25, -0.2) is 4.98 Å². The molecule has 1 aromatic rings. The standard InChI is InChI=1S/C14H23N5O/c1-3-10(2)18-6-8-19(9-7-18)14(20)13-15-12(16-17-13)11-4-5-11/h10-11H,3-9H2,1-2H3,(H,15,16,17). The molecular weight excluding hydrogens is 254 g/mol. The largest absolute Gasteiger partial charge is 0.333 e. The second kappa shape index (κ2) is 5.52. The Morgan fingerprint density at radius 2 is 2.05 bits per heavy atom. The predicted molar refractivity (Wildman–Crippen MR) is 75.6 cm³/mol. The highest BCUT2D eigenvalue weighted by Crippen LogP contribution is 2.37. The molecule has 3 rings (SSSR count). The summed E-state index contributed by atoms with van der Waals surface area (Å²) in [6.45, 7) is 7.89. The van der Waals surface area contributed by atoms with E-state index in [9.17, 15) is 4.79 Å². The highest BCUT2D eigenvalue weighted by Gasteiger charge is 2.30. The van der Waals surface area contributed by atoms with E-state index in [1.54, 1.807) is 0 Å². The number of carbonyl (C=O) groups excluding carboxylic acids is 1. The van der Waals surface area contributed by atoms with Crippen molar-refractivity contribution in [3.8, 4) is 0 Å². The second-order valence-corrected chi connectivity index (χ2v) is 5.90. The normalized spacial score (nSPS) is 22.0. The Morgan fingerprint density at radius 3 is 2.65 bits per heavy atom. The van der Waals surface area contributed by atoms with Gasteiger partial charge in [0.25, 0.3) is 5.91 Å². The van der Waals surface area contributed by atoms with Gasteiger partial charge in [-0.2, -0.15) is 0 Å². The number of carbonyl (C=O) groups is 1. The van der Waals surface area contributed by atoms with Crippen LogP contribution in [0.25, 0.3) is 0 Å². The molecule has 6 heteroatoms. The number of H-pyrrole nitrogens is 1. The van der Waals surface area contributed by atoms with Crippen molar-refractivity contribution in [3.05, 3.63) is 11.6 Å². The lowest BCUT2D eigenvalue weighted by atomic mass is 10.2. The van der Waals surface area contributed by atoms with Gasteiger partial charge < -0.3 is 4.90 Å². The summed E-state index contributed by atoms with van der Waals surface area (Å²) in [5.41, 5.74) is 0. The van der Waals surface area contributed by atoms with Gasteiger partial charge in [-0.05, 0) is 26.2 Å². The molecule has 110 valence electrons. The number of piperazine rings is 1. The van der Waals surface area contributed by atoms with Crippen molar-refractivity contribution in [2.75, 3.05) is 26.2 Å². The zero-order valence-corrected chi connectivity index (χ0v) is 12.3. The van der Waals surface area contributed by atoms with Gasteiger partial charge in [0.15, 0.2) is 0 Å². The van der Waals surface area contributed by atoms with Gasteiger partial charge in [-0.3, -0.25) is 14.8 Å². The smallest absolute Gasteiger partial charge is 0.293 e. The first-order valence-electron chi connectivity index (χ1n) is 7.64. The average molecular weight is 277 g/mol. The van der Waals surface area contributed by atoms with Crippen LogP contribution < -0.4 is 0 Å². The molecule has 0 radical (unpaired) electrons. The summed E-state index contributed by atoms with van der Waals surface area (Å²) >= 11 is 0. The molecule has 0 bridgehead atoms. The van der Waals surface area contributed by atoms with Crippen molar-refractivity contribution in [3.63, 3.8) is 0 Å². The van der Waals surface area contributed by atoms with Crippen LogP contribution in [0.15, 0.2) is 0 Å². The van der Waals surface area contributed by atoms with Gasteiger partial charge in [-0.15, -0.1) is 5.10 Å². The molecule has 1 aromatic heterocycles. The van der Waals surface area contributed by atoms with E-state index in [1.165, 1.54) is 0 Å². The molecule has 20 heavy (non-hydrogen) atoms.